The number of carbonyl (C=O) groups excluding carboxylic acids is 1. The molecule has 92 valence electrons. The lowest BCUT2D eigenvalue weighted by atomic mass is 10.1. The van der Waals surface area contributed by atoms with Crippen LogP contribution in [0.5, 0.6) is 0 Å². The number of anilines is 2. The predicted octanol–water partition coefficient (Wildman–Crippen LogP) is 2.27. The number of hydrazine groups is 1. The molecule has 5 nitrogen and oxygen atoms in total. The maximum Gasteiger partial charge on any atom is 0.258 e. The number of carbonyl (C=O) groups is 1. The minimum atomic E-state index is -0.293. The zero-order valence-corrected chi connectivity index (χ0v) is 10.1. The second kappa shape index (κ2) is 5.48. The van der Waals surface area contributed by atoms with Gasteiger partial charge >= 0.3 is 0 Å². The number of nitrogens with zero attached hydrogens (tertiary/aromatic N) is 1. The van der Waals surface area contributed by atoms with E-state index >= 15 is 0 Å². The highest BCUT2D eigenvalue weighted by molar-refractivity contribution is 6.30. The van der Waals surface area contributed by atoms with Gasteiger partial charge in [0.25, 0.3) is 5.91 Å². The smallest absolute Gasteiger partial charge is 0.258 e. The molecular weight excluding hydrogens is 252 g/mol. The van der Waals surface area contributed by atoms with E-state index in [1.165, 1.54) is 6.20 Å². The lowest BCUT2D eigenvalue weighted by molar-refractivity contribution is 0.102. The molecule has 1 aromatic heterocycles. The van der Waals surface area contributed by atoms with Crippen molar-refractivity contribution in [2.24, 2.45) is 5.84 Å². The molecule has 0 aliphatic rings. The molecular formula is C12H11ClN4O. The van der Waals surface area contributed by atoms with E-state index in [9.17, 15) is 4.79 Å². The lowest BCUT2D eigenvalue weighted by Gasteiger charge is -2.08. The molecule has 0 aliphatic heterocycles. The summed E-state index contributed by atoms with van der Waals surface area (Å²) in [5, 5.41) is 3.17. The summed E-state index contributed by atoms with van der Waals surface area (Å²) in [5.74, 6) is 5.47. The Labute approximate surface area is 109 Å². The summed E-state index contributed by atoms with van der Waals surface area (Å²) in [6.45, 7) is 0. The van der Waals surface area contributed by atoms with Crippen LogP contribution in [0.15, 0.2) is 42.6 Å². The average molecular weight is 263 g/mol. The fraction of sp³-hybridized carbons (Fsp3) is 0. The number of halogens is 1. The number of hydrogen-bond acceptors (Lipinski definition) is 4. The second-order valence-corrected chi connectivity index (χ2v) is 3.94. The van der Waals surface area contributed by atoms with Gasteiger partial charge in [-0.25, -0.2) is 4.98 Å². The summed E-state index contributed by atoms with van der Waals surface area (Å²) in [5.41, 5.74) is 3.46. The van der Waals surface area contributed by atoms with Crippen LogP contribution >= 0.6 is 11.6 Å². The Hall–Kier alpha value is -2.11. The average Bonchev–Trinajstić information content (AvgIpc) is 2.41. The van der Waals surface area contributed by atoms with E-state index in [1.54, 1.807) is 36.4 Å². The largest absolute Gasteiger partial charge is 0.323 e. The second-order valence-electron chi connectivity index (χ2n) is 3.51. The first-order chi connectivity index (χ1) is 8.70. The van der Waals surface area contributed by atoms with Crippen LogP contribution in [0.3, 0.4) is 0 Å². The minimum Gasteiger partial charge on any atom is -0.323 e. The molecule has 6 heteroatoms. The number of amides is 1. The predicted molar refractivity (Wildman–Crippen MR) is 71.5 cm³/mol. The number of para-hydroxylation sites is 1. The van der Waals surface area contributed by atoms with Gasteiger partial charge in [-0.3, -0.25) is 10.6 Å². The number of rotatable bonds is 3. The highest BCUT2D eigenvalue weighted by Gasteiger charge is 2.10. The van der Waals surface area contributed by atoms with Crippen molar-refractivity contribution in [3.8, 4) is 0 Å². The number of aromatic nitrogens is 1. The van der Waals surface area contributed by atoms with Crippen LogP contribution in [0, 0.1) is 0 Å². The number of hydrogen-bond donors (Lipinski definition) is 3. The molecule has 0 saturated carbocycles. The van der Waals surface area contributed by atoms with E-state index < -0.39 is 0 Å². The van der Waals surface area contributed by atoms with Crippen LogP contribution in [0.2, 0.25) is 5.02 Å². The molecule has 1 aromatic carbocycles. The maximum atomic E-state index is 12.0. The van der Waals surface area contributed by atoms with E-state index in [4.69, 9.17) is 17.4 Å². The van der Waals surface area contributed by atoms with Crippen LogP contribution in [0.1, 0.15) is 10.4 Å². The monoisotopic (exact) mass is 262 g/mol. The Morgan fingerprint density at radius 3 is 2.67 bits per heavy atom. The van der Waals surface area contributed by atoms with Gasteiger partial charge in [0.1, 0.15) is 5.82 Å². The number of benzene rings is 1. The van der Waals surface area contributed by atoms with Crippen molar-refractivity contribution in [2.45, 2.75) is 0 Å². The maximum absolute atomic E-state index is 12.0. The Morgan fingerprint density at radius 2 is 2.00 bits per heavy atom. The summed E-state index contributed by atoms with van der Waals surface area (Å²) in [6.07, 6.45) is 1.46. The van der Waals surface area contributed by atoms with E-state index in [2.05, 4.69) is 15.7 Å². The molecule has 4 N–H and O–H groups in total. The van der Waals surface area contributed by atoms with E-state index in [-0.39, 0.29) is 5.91 Å². The first-order valence-electron chi connectivity index (χ1n) is 5.19. The number of nitrogens with one attached hydrogen (secondary N) is 2. The molecule has 18 heavy (non-hydrogen) atoms. The van der Waals surface area contributed by atoms with Crippen LogP contribution < -0.4 is 16.6 Å². The zero-order chi connectivity index (χ0) is 13.0. The number of pyridine rings is 1. The van der Waals surface area contributed by atoms with E-state index in [0.29, 0.717) is 22.1 Å². The third-order valence-electron chi connectivity index (χ3n) is 2.30. The highest BCUT2D eigenvalue weighted by atomic mass is 35.5. The van der Waals surface area contributed by atoms with E-state index in [1.807, 2.05) is 0 Å². The van der Waals surface area contributed by atoms with Crippen LogP contribution in [0.25, 0.3) is 0 Å². The fourth-order valence-electron chi connectivity index (χ4n) is 1.44. The summed E-state index contributed by atoms with van der Waals surface area (Å²) >= 11 is 5.71. The van der Waals surface area contributed by atoms with Crippen LogP contribution in [-0.2, 0) is 0 Å². The van der Waals surface area contributed by atoms with Crippen LogP contribution in [0.4, 0.5) is 11.5 Å². The number of nitrogen functional groups attached to an aromatic ring is 1. The van der Waals surface area contributed by atoms with Crippen molar-refractivity contribution >= 4 is 29.0 Å². The molecule has 2 rings (SSSR count). The molecule has 0 atom stereocenters. The standard InChI is InChI=1S/C12H11ClN4O/c13-8-5-6-11(15-7-8)16-12(18)9-3-1-2-4-10(9)17-14/h1-7,17H,14H2,(H,15,16,18). The first kappa shape index (κ1) is 12.3. The summed E-state index contributed by atoms with van der Waals surface area (Å²) in [4.78, 5) is 16.0. The Morgan fingerprint density at radius 1 is 1.22 bits per heavy atom. The third kappa shape index (κ3) is 2.77. The van der Waals surface area contributed by atoms with Crippen molar-refractivity contribution in [1.29, 1.82) is 0 Å². The highest BCUT2D eigenvalue weighted by Crippen LogP contribution is 2.16. The molecule has 1 amide bonds. The topological polar surface area (TPSA) is 80.0 Å². The summed E-state index contributed by atoms with van der Waals surface area (Å²) in [7, 11) is 0. The van der Waals surface area contributed by atoms with Gasteiger partial charge in [0.2, 0.25) is 0 Å². The quantitative estimate of drug-likeness (QED) is 0.586. The van der Waals surface area contributed by atoms with Gasteiger partial charge in [-0.2, -0.15) is 0 Å². The van der Waals surface area contributed by atoms with Crippen LogP contribution in [-0.4, -0.2) is 10.9 Å². The Balaban J connectivity index is 2.19. The SMILES string of the molecule is NNc1ccccc1C(=O)Nc1ccc(Cl)cn1. The molecule has 2 aromatic rings. The first-order valence-corrected chi connectivity index (χ1v) is 5.57. The molecule has 0 radical (unpaired) electrons. The normalized spacial score (nSPS) is 9.89. The van der Waals surface area contributed by atoms with Gasteiger partial charge in [0.05, 0.1) is 16.3 Å². The molecule has 0 saturated heterocycles. The summed E-state index contributed by atoms with van der Waals surface area (Å²) in [6, 6.07) is 10.2. The zero-order valence-electron chi connectivity index (χ0n) is 9.35. The number of nitrogens with two attached hydrogens (primary N) is 1. The van der Waals surface area contributed by atoms with Gasteiger partial charge < -0.3 is 10.7 Å². The third-order valence-corrected chi connectivity index (χ3v) is 2.52. The van der Waals surface area contributed by atoms with Gasteiger partial charge in [-0.15, -0.1) is 0 Å². The lowest BCUT2D eigenvalue weighted by Crippen LogP contribution is -2.17. The van der Waals surface area contributed by atoms with Crippen molar-refractivity contribution in [3.63, 3.8) is 0 Å². The molecule has 0 aliphatic carbocycles. The van der Waals surface area contributed by atoms with Gasteiger partial charge in [0.15, 0.2) is 0 Å². The Kier molecular flexibility index (Phi) is 3.76. The Bertz CT molecular complexity index is 556. The molecule has 0 bridgehead atoms. The molecule has 0 unspecified atom stereocenters. The van der Waals surface area contributed by atoms with Gasteiger partial charge in [-0.1, -0.05) is 23.7 Å². The molecule has 0 fully saturated rings. The molecule has 1 heterocycles. The fourth-order valence-corrected chi connectivity index (χ4v) is 1.55. The van der Waals surface area contributed by atoms with Crippen molar-refractivity contribution < 1.29 is 4.79 Å². The molecule has 0 spiro atoms. The van der Waals surface area contributed by atoms with Crippen molar-refractivity contribution in [3.05, 3.63) is 53.2 Å². The van der Waals surface area contributed by atoms with Gasteiger partial charge in [0, 0.05) is 6.20 Å². The van der Waals surface area contributed by atoms with Crippen molar-refractivity contribution in [1.82, 2.24) is 4.98 Å². The minimum absolute atomic E-state index is 0.293. The van der Waals surface area contributed by atoms with Crippen molar-refractivity contribution in [2.75, 3.05) is 10.7 Å². The van der Waals surface area contributed by atoms with E-state index in [0.717, 1.165) is 0 Å². The summed E-state index contributed by atoms with van der Waals surface area (Å²) < 4.78 is 0. The van der Waals surface area contributed by atoms with Gasteiger partial charge in [-0.05, 0) is 24.3 Å².